The number of piperidine rings is 1. The van der Waals surface area contributed by atoms with Crippen LogP contribution >= 0.6 is 0 Å². The Balaban J connectivity index is 1.61. The molecule has 152 valence electrons. The second-order valence-corrected chi connectivity index (χ2v) is 9.49. The van der Waals surface area contributed by atoms with E-state index in [1.165, 1.54) is 4.31 Å². The van der Waals surface area contributed by atoms with Crippen molar-refractivity contribution in [2.24, 2.45) is 0 Å². The summed E-state index contributed by atoms with van der Waals surface area (Å²) in [5, 5.41) is 8.43. The normalized spacial score (nSPS) is 21.6. The molecule has 10 heteroatoms. The molecule has 0 aliphatic carbocycles. The monoisotopic (exact) mass is 407 g/mol. The first-order valence-electron chi connectivity index (χ1n) is 9.55. The van der Waals surface area contributed by atoms with Crippen LogP contribution in [0.4, 0.5) is 0 Å². The largest absolute Gasteiger partial charge is 0.360 e. The van der Waals surface area contributed by atoms with E-state index >= 15 is 0 Å². The minimum Gasteiger partial charge on any atom is -0.360 e. The highest BCUT2D eigenvalue weighted by Crippen LogP contribution is 2.32. The van der Waals surface area contributed by atoms with Gasteiger partial charge in [0.05, 0.1) is 5.69 Å². The van der Waals surface area contributed by atoms with E-state index in [0.717, 1.165) is 25.0 Å². The van der Waals surface area contributed by atoms with E-state index in [4.69, 9.17) is 4.52 Å². The fourth-order valence-corrected chi connectivity index (χ4v) is 5.92. The second kappa shape index (κ2) is 7.00. The van der Waals surface area contributed by atoms with Gasteiger partial charge < -0.3 is 9.42 Å². The SMILES string of the molecule is Cc1noc(C)c1S(=O)(=O)N1CCCC(c2cc3n(n2)CCCN(C)C3=O)C1. The molecule has 2 aliphatic heterocycles. The molecule has 9 nitrogen and oxygen atoms in total. The number of aromatic nitrogens is 3. The third-order valence-electron chi connectivity index (χ3n) is 5.60. The zero-order valence-electron chi connectivity index (χ0n) is 16.4. The van der Waals surface area contributed by atoms with E-state index in [1.807, 2.05) is 6.07 Å². The number of aryl methyl sites for hydroxylation is 3. The lowest BCUT2D eigenvalue weighted by molar-refractivity contribution is 0.0796. The molecule has 0 N–H and O–H groups in total. The smallest absolute Gasteiger partial charge is 0.271 e. The van der Waals surface area contributed by atoms with Crippen LogP contribution in [0.3, 0.4) is 0 Å². The number of carbonyl (C=O) groups excluding carboxylic acids is 1. The van der Waals surface area contributed by atoms with Gasteiger partial charge in [0.15, 0.2) is 5.76 Å². The van der Waals surface area contributed by atoms with Crippen molar-refractivity contribution < 1.29 is 17.7 Å². The van der Waals surface area contributed by atoms with Crippen LogP contribution in [0.25, 0.3) is 0 Å². The summed E-state index contributed by atoms with van der Waals surface area (Å²) < 4.78 is 34.6. The Kier molecular flexibility index (Phi) is 4.78. The van der Waals surface area contributed by atoms with Crippen LogP contribution in [0, 0.1) is 13.8 Å². The van der Waals surface area contributed by atoms with Crippen LogP contribution in [-0.4, -0.2) is 65.1 Å². The van der Waals surface area contributed by atoms with Crippen LogP contribution in [-0.2, 0) is 16.6 Å². The minimum absolute atomic E-state index is 0.0349. The lowest BCUT2D eigenvalue weighted by Crippen LogP contribution is -2.39. The van der Waals surface area contributed by atoms with Crippen molar-refractivity contribution in [2.75, 3.05) is 26.7 Å². The summed E-state index contributed by atoms with van der Waals surface area (Å²) >= 11 is 0. The van der Waals surface area contributed by atoms with E-state index < -0.39 is 10.0 Å². The average Bonchev–Trinajstić information content (AvgIpc) is 3.21. The van der Waals surface area contributed by atoms with Gasteiger partial charge in [0.25, 0.3) is 5.91 Å². The van der Waals surface area contributed by atoms with Gasteiger partial charge in [-0.1, -0.05) is 5.16 Å². The van der Waals surface area contributed by atoms with Crippen molar-refractivity contribution in [3.63, 3.8) is 0 Å². The zero-order valence-corrected chi connectivity index (χ0v) is 17.2. The summed E-state index contributed by atoms with van der Waals surface area (Å²) in [4.78, 5) is 14.4. The predicted molar refractivity (Wildman–Crippen MR) is 101 cm³/mol. The highest BCUT2D eigenvalue weighted by molar-refractivity contribution is 7.89. The summed E-state index contributed by atoms with van der Waals surface area (Å²) in [5.74, 6) is 0.232. The van der Waals surface area contributed by atoms with Crippen LogP contribution in [0.5, 0.6) is 0 Å². The number of amides is 1. The molecule has 2 aromatic heterocycles. The molecule has 0 bridgehead atoms. The Bertz CT molecular complexity index is 990. The molecule has 4 heterocycles. The Labute approximate surface area is 164 Å². The molecule has 1 unspecified atom stereocenters. The number of rotatable bonds is 3. The van der Waals surface area contributed by atoms with Gasteiger partial charge in [-0.15, -0.1) is 0 Å². The molecule has 1 atom stereocenters. The Morgan fingerprint density at radius 3 is 2.68 bits per heavy atom. The van der Waals surface area contributed by atoms with Gasteiger partial charge in [0, 0.05) is 39.1 Å². The first kappa shape index (κ1) is 19.1. The number of hydrogen-bond donors (Lipinski definition) is 0. The summed E-state index contributed by atoms with van der Waals surface area (Å²) in [6, 6.07) is 1.83. The standard InChI is InChI=1S/C18H25N5O4S/c1-12-17(13(2)27-20-12)28(25,26)22-8-4-6-14(11-22)15-10-16-18(24)21(3)7-5-9-23(16)19-15/h10,14H,4-9,11H2,1-3H3. The quantitative estimate of drug-likeness (QED) is 0.765. The van der Waals surface area contributed by atoms with Crippen LogP contribution in [0.1, 0.15) is 52.8 Å². The van der Waals surface area contributed by atoms with Crippen molar-refractivity contribution >= 4 is 15.9 Å². The van der Waals surface area contributed by atoms with Crippen LogP contribution < -0.4 is 0 Å². The first-order chi connectivity index (χ1) is 13.3. The fourth-order valence-electron chi connectivity index (χ4n) is 4.11. The minimum atomic E-state index is -3.68. The molecule has 4 rings (SSSR count). The van der Waals surface area contributed by atoms with Gasteiger partial charge >= 0.3 is 0 Å². The number of carbonyl (C=O) groups is 1. The van der Waals surface area contributed by atoms with Crippen molar-refractivity contribution in [3.05, 3.63) is 28.9 Å². The van der Waals surface area contributed by atoms with E-state index in [2.05, 4.69) is 10.3 Å². The lowest BCUT2D eigenvalue weighted by Gasteiger charge is -2.31. The van der Waals surface area contributed by atoms with Crippen molar-refractivity contribution in [2.45, 2.75) is 50.5 Å². The average molecular weight is 407 g/mol. The maximum absolute atomic E-state index is 13.1. The first-order valence-corrected chi connectivity index (χ1v) is 11.0. The number of sulfonamides is 1. The summed E-state index contributed by atoms with van der Waals surface area (Å²) in [5.41, 5.74) is 1.75. The topological polar surface area (TPSA) is 102 Å². The molecule has 0 spiro atoms. The Hall–Kier alpha value is -2.20. The van der Waals surface area contributed by atoms with Gasteiger partial charge in [-0.3, -0.25) is 9.48 Å². The van der Waals surface area contributed by atoms with E-state index in [-0.39, 0.29) is 16.7 Å². The molecule has 0 saturated carbocycles. The van der Waals surface area contributed by atoms with Gasteiger partial charge in [0.1, 0.15) is 16.3 Å². The maximum Gasteiger partial charge on any atom is 0.271 e. The fraction of sp³-hybridized carbons (Fsp3) is 0.611. The number of fused-ring (bicyclic) bond motifs is 1. The van der Waals surface area contributed by atoms with Gasteiger partial charge in [-0.05, 0) is 39.2 Å². The van der Waals surface area contributed by atoms with Gasteiger partial charge in [-0.25, -0.2) is 8.42 Å². The second-order valence-electron chi connectivity index (χ2n) is 7.61. The van der Waals surface area contributed by atoms with Gasteiger partial charge in [0.2, 0.25) is 10.0 Å². The third kappa shape index (κ3) is 3.14. The molecular formula is C18H25N5O4S. The zero-order chi connectivity index (χ0) is 20.1. The highest BCUT2D eigenvalue weighted by Gasteiger charge is 2.36. The molecule has 1 fully saturated rings. The molecule has 1 saturated heterocycles. The third-order valence-corrected chi connectivity index (χ3v) is 7.71. The van der Waals surface area contributed by atoms with E-state index in [1.54, 1.807) is 30.5 Å². The molecular weight excluding hydrogens is 382 g/mol. The summed E-state index contributed by atoms with van der Waals surface area (Å²) in [7, 11) is -1.89. The van der Waals surface area contributed by atoms with Crippen LogP contribution in [0.15, 0.2) is 15.5 Å². The lowest BCUT2D eigenvalue weighted by atomic mass is 9.96. The Morgan fingerprint density at radius 1 is 1.18 bits per heavy atom. The predicted octanol–water partition coefficient (Wildman–Crippen LogP) is 1.53. The van der Waals surface area contributed by atoms with E-state index in [9.17, 15) is 13.2 Å². The highest BCUT2D eigenvalue weighted by atomic mass is 32.2. The molecule has 2 aliphatic rings. The number of nitrogens with zero attached hydrogens (tertiary/aromatic N) is 5. The summed E-state index contributed by atoms with van der Waals surface area (Å²) in [6.45, 7) is 5.46. The van der Waals surface area contributed by atoms with Gasteiger partial charge in [-0.2, -0.15) is 9.40 Å². The number of hydrogen-bond acceptors (Lipinski definition) is 6. The molecule has 0 aromatic carbocycles. The molecule has 28 heavy (non-hydrogen) atoms. The Morgan fingerprint density at radius 2 is 1.96 bits per heavy atom. The molecule has 0 radical (unpaired) electrons. The molecule has 1 amide bonds. The summed E-state index contributed by atoms with van der Waals surface area (Å²) in [6.07, 6.45) is 2.44. The van der Waals surface area contributed by atoms with Crippen LogP contribution in [0.2, 0.25) is 0 Å². The van der Waals surface area contributed by atoms with Crippen molar-refractivity contribution in [1.82, 2.24) is 24.1 Å². The molecule has 2 aromatic rings. The van der Waals surface area contributed by atoms with Crippen molar-refractivity contribution in [1.29, 1.82) is 0 Å². The van der Waals surface area contributed by atoms with Crippen molar-refractivity contribution in [3.8, 4) is 0 Å². The maximum atomic E-state index is 13.1. The van der Waals surface area contributed by atoms with E-state index in [0.29, 0.717) is 43.3 Å².